The van der Waals surface area contributed by atoms with Crippen LogP contribution >= 0.6 is 0 Å². The number of carboxylic acid groups (broad SMARTS) is 1. The van der Waals surface area contributed by atoms with Crippen LogP contribution in [0.15, 0.2) is 4.52 Å². The first kappa shape index (κ1) is 24.0. The number of aliphatic carboxylic acids is 1. The number of hydrogen-bond donors (Lipinski definition) is 1. The molecule has 2 atom stereocenters. The number of alkyl halides is 3. The molecule has 1 saturated carbocycles. The van der Waals surface area contributed by atoms with Gasteiger partial charge in [-0.25, -0.2) is 13.2 Å². The van der Waals surface area contributed by atoms with Crippen molar-refractivity contribution >= 4 is 16.0 Å². The molecule has 2 saturated heterocycles. The number of aryl methyl sites for hydroxylation is 2. The highest BCUT2D eigenvalue weighted by Gasteiger charge is 2.44. The fourth-order valence-electron chi connectivity index (χ4n) is 3.84. The third kappa shape index (κ3) is 5.76. The summed E-state index contributed by atoms with van der Waals surface area (Å²) >= 11 is 0. The van der Waals surface area contributed by atoms with Gasteiger partial charge in [0.25, 0.3) is 0 Å². The average Bonchev–Trinajstić information content (AvgIpc) is 3.44. The predicted molar refractivity (Wildman–Crippen MR) is 102 cm³/mol. The smallest absolute Gasteiger partial charge is 0.475 e. The number of ether oxygens (including phenoxy) is 1. The lowest BCUT2D eigenvalue weighted by atomic mass is 10.1. The molecule has 3 fully saturated rings. The molecule has 4 rings (SSSR count). The second-order valence-electron chi connectivity index (χ2n) is 8.07. The van der Waals surface area contributed by atoms with Crippen LogP contribution in [-0.2, 0) is 26.1 Å². The van der Waals surface area contributed by atoms with Crippen molar-refractivity contribution in [1.29, 1.82) is 0 Å². The Hall–Kier alpha value is -1.70. The Balaban J connectivity index is 0.000000339. The van der Waals surface area contributed by atoms with Crippen molar-refractivity contribution in [3.8, 4) is 0 Å². The van der Waals surface area contributed by atoms with Crippen LogP contribution in [0.4, 0.5) is 13.2 Å². The number of sulfonamides is 1. The second kappa shape index (κ2) is 9.04. The molecule has 13 heteroatoms. The monoisotopic (exact) mass is 469 g/mol. The van der Waals surface area contributed by atoms with Gasteiger partial charge in [0.05, 0.1) is 23.7 Å². The normalized spacial score (nSPS) is 25.5. The van der Waals surface area contributed by atoms with Crippen molar-refractivity contribution < 1.29 is 40.8 Å². The molecule has 0 unspecified atom stereocenters. The lowest BCUT2D eigenvalue weighted by Crippen LogP contribution is -2.39. The van der Waals surface area contributed by atoms with E-state index < -0.39 is 22.2 Å². The summed E-state index contributed by atoms with van der Waals surface area (Å²) in [4.78, 5) is 11.2. The van der Waals surface area contributed by atoms with E-state index in [1.807, 2.05) is 13.8 Å². The molecule has 3 heterocycles. The van der Waals surface area contributed by atoms with Gasteiger partial charge in [0.2, 0.25) is 10.0 Å². The van der Waals surface area contributed by atoms with Crippen molar-refractivity contribution in [2.75, 3.05) is 32.8 Å². The van der Waals surface area contributed by atoms with E-state index in [4.69, 9.17) is 19.2 Å². The van der Waals surface area contributed by atoms with Gasteiger partial charge < -0.3 is 14.4 Å². The number of fused-ring (bicyclic) bond motifs is 1. The first-order valence-electron chi connectivity index (χ1n) is 9.94. The summed E-state index contributed by atoms with van der Waals surface area (Å²) in [6, 6.07) is 0. The summed E-state index contributed by atoms with van der Waals surface area (Å²) in [5.41, 5.74) is 2.06. The number of halogens is 3. The van der Waals surface area contributed by atoms with Crippen LogP contribution in [0.25, 0.3) is 0 Å². The van der Waals surface area contributed by atoms with E-state index >= 15 is 0 Å². The van der Waals surface area contributed by atoms with Crippen molar-refractivity contribution in [2.24, 2.45) is 5.92 Å². The Morgan fingerprint density at radius 1 is 1.23 bits per heavy atom. The SMILES string of the molecule is Cc1noc(C)c1CN1C[C@@H]2CN(S(=O)(=O)C3CC3)CCO[C@@H]2C1.O=C(O)C(F)(F)F. The summed E-state index contributed by atoms with van der Waals surface area (Å²) in [5.74, 6) is -1.66. The average molecular weight is 469 g/mol. The topological polar surface area (TPSA) is 113 Å². The van der Waals surface area contributed by atoms with E-state index in [1.54, 1.807) is 4.31 Å². The number of likely N-dealkylation sites (tertiary alicyclic amines) is 1. The van der Waals surface area contributed by atoms with Crippen LogP contribution in [0, 0.1) is 19.8 Å². The third-order valence-corrected chi connectivity index (χ3v) is 8.04. The minimum Gasteiger partial charge on any atom is -0.475 e. The highest BCUT2D eigenvalue weighted by molar-refractivity contribution is 7.90. The van der Waals surface area contributed by atoms with E-state index in [0.29, 0.717) is 19.7 Å². The summed E-state index contributed by atoms with van der Waals surface area (Å²) in [7, 11) is -3.12. The Bertz CT molecular complexity index is 880. The molecule has 1 aromatic heterocycles. The van der Waals surface area contributed by atoms with Crippen molar-refractivity contribution in [3.05, 3.63) is 17.0 Å². The van der Waals surface area contributed by atoms with Gasteiger partial charge in [0.15, 0.2) is 0 Å². The molecule has 0 spiro atoms. The van der Waals surface area contributed by atoms with Crippen molar-refractivity contribution in [3.63, 3.8) is 0 Å². The zero-order chi connectivity index (χ0) is 23.0. The molecule has 1 aromatic rings. The maximum atomic E-state index is 12.6. The summed E-state index contributed by atoms with van der Waals surface area (Å²) in [6.45, 7) is 7.94. The fraction of sp³-hybridized carbons (Fsp3) is 0.778. The Morgan fingerprint density at radius 2 is 1.87 bits per heavy atom. The predicted octanol–water partition coefficient (Wildman–Crippen LogP) is 1.55. The summed E-state index contributed by atoms with van der Waals surface area (Å²) in [5, 5.41) is 11.0. The second-order valence-corrected chi connectivity index (χ2v) is 10.3. The lowest BCUT2D eigenvalue weighted by Gasteiger charge is -2.23. The number of nitrogens with zero attached hydrogens (tertiary/aromatic N) is 3. The minimum atomic E-state index is -5.08. The Labute approximate surface area is 178 Å². The van der Waals surface area contributed by atoms with Gasteiger partial charge in [-0.15, -0.1) is 0 Å². The molecule has 2 aliphatic heterocycles. The maximum Gasteiger partial charge on any atom is 0.490 e. The zero-order valence-corrected chi connectivity index (χ0v) is 18.1. The Morgan fingerprint density at radius 3 is 2.39 bits per heavy atom. The molecule has 1 aliphatic carbocycles. The van der Waals surface area contributed by atoms with Gasteiger partial charge in [0.1, 0.15) is 5.76 Å². The first-order chi connectivity index (χ1) is 14.4. The Kier molecular flexibility index (Phi) is 6.99. The minimum absolute atomic E-state index is 0.116. The maximum absolute atomic E-state index is 12.6. The first-order valence-corrected chi connectivity index (χ1v) is 11.4. The van der Waals surface area contributed by atoms with Gasteiger partial charge in [-0.05, 0) is 26.7 Å². The highest BCUT2D eigenvalue weighted by Crippen LogP contribution is 2.34. The summed E-state index contributed by atoms with van der Waals surface area (Å²) in [6.07, 6.45) is -3.34. The third-order valence-electron chi connectivity index (χ3n) is 5.68. The lowest BCUT2D eigenvalue weighted by molar-refractivity contribution is -0.192. The van der Waals surface area contributed by atoms with Gasteiger partial charge in [0, 0.05) is 44.2 Å². The van der Waals surface area contributed by atoms with Gasteiger partial charge in [-0.1, -0.05) is 5.16 Å². The fourth-order valence-corrected chi connectivity index (χ4v) is 5.72. The molecule has 1 N–H and O–H groups in total. The number of aromatic nitrogens is 1. The van der Waals surface area contributed by atoms with Crippen LogP contribution < -0.4 is 0 Å². The van der Waals surface area contributed by atoms with Gasteiger partial charge in [-0.2, -0.15) is 17.5 Å². The van der Waals surface area contributed by atoms with E-state index in [-0.39, 0.29) is 17.3 Å². The van der Waals surface area contributed by atoms with Crippen LogP contribution in [0.2, 0.25) is 0 Å². The number of rotatable bonds is 4. The largest absolute Gasteiger partial charge is 0.490 e. The van der Waals surface area contributed by atoms with Gasteiger partial charge in [-0.3, -0.25) is 4.90 Å². The molecular weight excluding hydrogens is 443 g/mol. The number of carboxylic acids is 1. The van der Waals surface area contributed by atoms with Crippen molar-refractivity contribution in [1.82, 2.24) is 14.4 Å². The van der Waals surface area contributed by atoms with Gasteiger partial charge >= 0.3 is 12.1 Å². The van der Waals surface area contributed by atoms with Crippen LogP contribution in [0.1, 0.15) is 29.9 Å². The standard InChI is InChI=1S/C16H25N3O4S.C2HF3O2/c1-11-15(12(2)23-17-11)9-18-7-13-8-19(5-6-22-16(13)10-18)24(20,21)14-3-4-14;3-2(4,5)1(6)7/h13-14,16H,3-10H2,1-2H3;(H,6,7)/t13-,16-;/m1./s1. The number of hydrogen-bond acceptors (Lipinski definition) is 7. The molecular formula is C18H26F3N3O6S. The zero-order valence-electron chi connectivity index (χ0n) is 17.3. The molecule has 0 aromatic carbocycles. The molecule has 0 amide bonds. The summed E-state index contributed by atoms with van der Waals surface area (Å²) < 4.78 is 69.7. The molecule has 9 nitrogen and oxygen atoms in total. The van der Waals surface area contributed by atoms with E-state index in [0.717, 1.165) is 49.5 Å². The van der Waals surface area contributed by atoms with Crippen LogP contribution in [0.5, 0.6) is 0 Å². The van der Waals surface area contributed by atoms with E-state index in [2.05, 4.69) is 10.1 Å². The number of carbonyl (C=O) groups is 1. The molecule has 0 bridgehead atoms. The quantitative estimate of drug-likeness (QED) is 0.707. The van der Waals surface area contributed by atoms with Crippen LogP contribution in [-0.4, -0.2) is 84.2 Å². The molecule has 0 radical (unpaired) electrons. The van der Waals surface area contributed by atoms with E-state index in [1.165, 1.54) is 0 Å². The highest BCUT2D eigenvalue weighted by atomic mass is 32.2. The molecule has 31 heavy (non-hydrogen) atoms. The molecule has 176 valence electrons. The van der Waals surface area contributed by atoms with E-state index in [9.17, 15) is 21.6 Å². The molecule has 3 aliphatic rings. The van der Waals surface area contributed by atoms with Crippen LogP contribution in [0.3, 0.4) is 0 Å². The van der Waals surface area contributed by atoms with Crippen molar-refractivity contribution in [2.45, 2.75) is 50.8 Å².